The summed E-state index contributed by atoms with van der Waals surface area (Å²) in [7, 11) is 3.67. The van der Waals surface area contributed by atoms with E-state index in [2.05, 4.69) is 11.8 Å². The van der Waals surface area contributed by atoms with E-state index in [1.54, 1.807) is 7.11 Å². The van der Waals surface area contributed by atoms with Crippen LogP contribution in [0, 0.1) is 46.8 Å². The zero-order valence-corrected chi connectivity index (χ0v) is 17.4. The van der Waals surface area contributed by atoms with Gasteiger partial charge in [-0.25, -0.2) is 0 Å². The Hall–Kier alpha value is -0.200. The Bertz CT molecular complexity index is 731. The van der Waals surface area contributed by atoms with Crippen LogP contribution in [0.5, 0.6) is 0 Å². The lowest BCUT2D eigenvalue weighted by Crippen LogP contribution is -2.72. The molecule has 0 radical (unpaired) electrons. The van der Waals surface area contributed by atoms with Crippen molar-refractivity contribution in [1.29, 1.82) is 0 Å². The van der Waals surface area contributed by atoms with Gasteiger partial charge in [-0.2, -0.15) is 0 Å². The number of fused-ring (bicyclic) bond motifs is 1. The molecule has 0 aromatic rings. The third-order valence-electron chi connectivity index (χ3n) is 11.5. The molecule has 0 aromatic heterocycles. The third-order valence-corrected chi connectivity index (χ3v) is 11.5. The molecule has 5 nitrogen and oxygen atoms in total. The Kier molecular flexibility index (Phi) is 3.11. The van der Waals surface area contributed by atoms with Gasteiger partial charge in [-0.1, -0.05) is 6.92 Å². The molecule has 2 N–H and O–H groups in total. The Balaban J connectivity index is 1.46. The SMILES string of the molecule is CCN1C[C@@H]2CC[C@H](OC)C34C5CC6C7C5[C@](O)(C[C@]7(O)[C@H]6OC)C(CC23)C14. The molecule has 1 spiro atoms. The second-order valence-corrected chi connectivity index (χ2v) is 11.4. The van der Waals surface area contributed by atoms with Crippen LogP contribution in [0.1, 0.15) is 39.0 Å². The standard InChI is InChI=1S/C23H35NO4/c1-4-24-9-11-5-6-16(27-2)23-13(11)8-15(19(23)24)21(25)10-22(26)17-12(20(22)28-3)7-14(23)18(17)21/h11-20,25-26H,4-10H2,1-3H3/t11-,12?,13?,14?,15?,16-,17?,18?,19?,20-,21-,22+,23?/m0/s1. The maximum Gasteiger partial charge on any atom is 0.0973 e. The summed E-state index contributed by atoms with van der Waals surface area (Å²) in [4.78, 5) is 2.72. The minimum absolute atomic E-state index is 0.0876. The fourth-order valence-corrected chi connectivity index (χ4v) is 11.3. The van der Waals surface area contributed by atoms with Crippen molar-refractivity contribution in [2.75, 3.05) is 27.3 Å². The van der Waals surface area contributed by atoms with Crippen molar-refractivity contribution in [3.05, 3.63) is 0 Å². The highest BCUT2D eigenvalue weighted by Crippen LogP contribution is 2.82. The molecule has 1 heterocycles. The van der Waals surface area contributed by atoms with E-state index in [0.29, 0.717) is 36.3 Å². The Morgan fingerprint density at radius 1 is 0.964 bits per heavy atom. The second-order valence-electron chi connectivity index (χ2n) is 11.4. The van der Waals surface area contributed by atoms with Crippen LogP contribution in [0.2, 0.25) is 0 Å². The van der Waals surface area contributed by atoms with Gasteiger partial charge in [0.05, 0.1) is 23.4 Å². The largest absolute Gasteiger partial charge is 0.389 e. The smallest absolute Gasteiger partial charge is 0.0973 e. The molecule has 7 aliphatic rings. The molecular formula is C23H35NO4. The minimum Gasteiger partial charge on any atom is -0.389 e. The van der Waals surface area contributed by atoms with Gasteiger partial charge in [0.25, 0.3) is 0 Å². The molecule has 156 valence electrons. The summed E-state index contributed by atoms with van der Waals surface area (Å²) in [5.74, 6) is 3.09. The van der Waals surface area contributed by atoms with Gasteiger partial charge in [-0.3, -0.25) is 4.90 Å². The molecule has 7 fully saturated rings. The molecule has 5 heteroatoms. The Morgan fingerprint density at radius 2 is 1.79 bits per heavy atom. The molecule has 1 saturated heterocycles. The van der Waals surface area contributed by atoms with Crippen LogP contribution in [0.15, 0.2) is 0 Å². The number of ether oxygens (including phenoxy) is 2. The second kappa shape index (κ2) is 4.99. The van der Waals surface area contributed by atoms with E-state index in [1.807, 2.05) is 7.11 Å². The monoisotopic (exact) mass is 389 g/mol. The summed E-state index contributed by atoms with van der Waals surface area (Å²) in [5, 5.41) is 23.9. The molecule has 13 atom stereocenters. The van der Waals surface area contributed by atoms with Gasteiger partial charge in [-0.15, -0.1) is 0 Å². The van der Waals surface area contributed by atoms with Gasteiger partial charge < -0.3 is 19.7 Å². The fourth-order valence-electron chi connectivity index (χ4n) is 11.3. The van der Waals surface area contributed by atoms with Gasteiger partial charge in [0.2, 0.25) is 0 Å². The lowest BCUT2D eigenvalue weighted by atomic mass is 9.47. The van der Waals surface area contributed by atoms with Gasteiger partial charge in [-0.05, 0) is 61.8 Å². The van der Waals surface area contributed by atoms with Crippen molar-refractivity contribution >= 4 is 0 Å². The summed E-state index contributed by atoms with van der Waals surface area (Å²) in [5.41, 5.74) is -1.36. The average molecular weight is 390 g/mol. The van der Waals surface area contributed by atoms with Crippen molar-refractivity contribution in [3.8, 4) is 0 Å². The molecule has 6 saturated carbocycles. The van der Waals surface area contributed by atoms with Crippen molar-refractivity contribution in [2.24, 2.45) is 46.8 Å². The first kappa shape index (κ1) is 17.5. The maximum absolute atomic E-state index is 12.3. The third kappa shape index (κ3) is 1.44. The average Bonchev–Trinajstić information content (AvgIpc) is 3.20. The molecular weight excluding hydrogens is 354 g/mol. The molecule has 6 aliphatic carbocycles. The summed E-state index contributed by atoms with van der Waals surface area (Å²) < 4.78 is 12.1. The Morgan fingerprint density at radius 3 is 2.50 bits per heavy atom. The first-order valence-corrected chi connectivity index (χ1v) is 11.7. The van der Waals surface area contributed by atoms with Gasteiger partial charge in [0.1, 0.15) is 0 Å². The zero-order chi connectivity index (χ0) is 19.2. The number of likely N-dealkylation sites (tertiary alicyclic amines) is 1. The topological polar surface area (TPSA) is 62.2 Å². The van der Waals surface area contributed by atoms with E-state index >= 15 is 0 Å². The van der Waals surface area contributed by atoms with Crippen molar-refractivity contribution in [1.82, 2.24) is 4.90 Å². The lowest BCUT2D eigenvalue weighted by Gasteiger charge is -2.66. The Labute approximate surface area is 167 Å². The van der Waals surface area contributed by atoms with E-state index in [9.17, 15) is 10.2 Å². The zero-order valence-electron chi connectivity index (χ0n) is 17.4. The van der Waals surface area contributed by atoms with Crippen LogP contribution in [0.25, 0.3) is 0 Å². The highest BCUT2D eigenvalue weighted by molar-refractivity contribution is 5.37. The quantitative estimate of drug-likeness (QED) is 0.766. The minimum atomic E-state index is -0.809. The van der Waals surface area contributed by atoms with Gasteiger partial charge in [0.15, 0.2) is 0 Å². The maximum atomic E-state index is 12.3. The lowest BCUT2D eigenvalue weighted by molar-refractivity contribution is -0.240. The van der Waals surface area contributed by atoms with Crippen LogP contribution in [0.4, 0.5) is 0 Å². The van der Waals surface area contributed by atoms with E-state index < -0.39 is 11.2 Å². The van der Waals surface area contributed by atoms with E-state index in [1.165, 1.54) is 19.4 Å². The summed E-state index contributed by atoms with van der Waals surface area (Å²) in [6.07, 6.45) is 5.45. The van der Waals surface area contributed by atoms with Crippen molar-refractivity contribution in [3.63, 3.8) is 0 Å². The van der Waals surface area contributed by atoms with E-state index in [-0.39, 0.29) is 29.3 Å². The summed E-state index contributed by atoms with van der Waals surface area (Å²) in [6, 6.07) is 0.427. The van der Waals surface area contributed by atoms with E-state index in [4.69, 9.17) is 9.47 Å². The molecule has 7 rings (SSSR count). The number of methoxy groups -OCH3 is 2. The molecule has 1 aliphatic heterocycles. The number of piperidine rings is 1. The molecule has 28 heavy (non-hydrogen) atoms. The number of aliphatic hydroxyl groups is 2. The van der Waals surface area contributed by atoms with Crippen LogP contribution < -0.4 is 0 Å². The van der Waals surface area contributed by atoms with Crippen LogP contribution in [-0.4, -0.2) is 71.9 Å². The number of hydrogen-bond acceptors (Lipinski definition) is 5. The first-order chi connectivity index (χ1) is 13.5. The fraction of sp³-hybridized carbons (Fsp3) is 1.00. The normalized spacial score (nSPS) is 68.0. The predicted octanol–water partition coefficient (Wildman–Crippen LogP) is 1.51. The molecule has 0 aromatic carbocycles. The number of rotatable bonds is 3. The van der Waals surface area contributed by atoms with Gasteiger partial charge >= 0.3 is 0 Å². The van der Waals surface area contributed by atoms with Crippen molar-refractivity contribution in [2.45, 2.75) is 68.5 Å². The van der Waals surface area contributed by atoms with Crippen LogP contribution >= 0.6 is 0 Å². The highest BCUT2D eigenvalue weighted by atomic mass is 16.5. The summed E-state index contributed by atoms with van der Waals surface area (Å²) in [6.45, 7) is 4.56. The van der Waals surface area contributed by atoms with Crippen molar-refractivity contribution < 1.29 is 19.7 Å². The predicted molar refractivity (Wildman–Crippen MR) is 102 cm³/mol. The number of nitrogens with zero attached hydrogens (tertiary/aromatic N) is 1. The first-order valence-electron chi connectivity index (χ1n) is 11.7. The molecule has 0 amide bonds. The van der Waals surface area contributed by atoms with Gasteiger partial charge in [0, 0.05) is 50.5 Å². The highest BCUT2D eigenvalue weighted by Gasteiger charge is 2.88. The van der Waals surface area contributed by atoms with E-state index in [0.717, 1.165) is 25.3 Å². The number of hydrogen-bond donors (Lipinski definition) is 2. The molecule has 8 unspecified atom stereocenters. The van der Waals surface area contributed by atoms with Crippen LogP contribution in [-0.2, 0) is 9.47 Å². The molecule has 5 bridgehead atoms. The summed E-state index contributed by atoms with van der Waals surface area (Å²) >= 11 is 0. The van der Waals surface area contributed by atoms with Crippen LogP contribution in [0.3, 0.4) is 0 Å².